The number of rotatable bonds is 5. The third-order valence-electron chi connectivity index (χ3n) is 4.83. The fourth-order valence-electron chi connectivity index (χ4n) is 3.23. The Bertz CT molecular complexity index is 1200. The van der Waals surface area contributed by atoms with Crippen molar-refractivity contribution in [2.24, 2.45) is 0 Å². The smallest absolute Gasteiger partial charge is 0.344 e. The van der Waals surface area contributed by atoms with E-state index in [1.165, 1.54) is 0 Å². The van der Waals surface area contributed by atoms with E-state index in [9.17, 15) is 4.79 Å². The number of hydrogen-bond acceptors (Lipinski definition) is 5. The number of pyridine rings is 1. The monoisotopic (exact) mass is 375 g/mol. The Kier molecular flexibility index (Phi) is 4.74. The molecule has 0 N–H and O–H groups in total. The molecule has 0 amide bonds. The molecular formula is C23H21NO4. The van der Waals surface area contributed by atoms with E-state index >= 15 is 0 Å². The highest BCUT2D eigenvalue weighted by Crippen LogP contribution is 2.35. The number of nitrogens with zero attached hydrogens (tertiary/aromatic N) is 1. The van der Waals surface area contributed by atoms with Crippen LogP contribution in [0.15, 0.2) is 64.1 Å². The first-order chi connectivity index (χ1) is 13.6. The maximum atomic E-state index is 12.6. The van der Waals surface area contributed by atoms with Crippen molar-refractivity contribution in [3.63, 3.8) is 0 Å². The molecule has 0 aliphatic carbocycles. The van der Waals surface area contributed by atoms with E-state index < -0.39 is 0 Å². The van der Waals surface area contributed by atoms with Crippen LogP contribution in [0.2, 0.25) is 0 Å². The Balaban J connectivity index is 1.82. The standard InChI is InChI=1S/C23H21NO4/c1-14(2)16-4-5-17-18-11-21(26-3)22(27-13-15-6-8-24-9-7-15)12-20(18)28-23(25)19(17)10-16/h4-12,14H,13H2,1-3H3. The van der Waals surface area contributed by atoms with E-state index in [4.69, 9.17) is 13.9 Å². The van der Waals surface area contributed by atoms with E-state index in [1.54, 1.807) is 25.6 Å². The largest absolute Gasteiger partial charge is 0.493 e. The molecule has 0 radical (unpaired) electrons. The van der Waals surface area contributed by atoms with E-state index in [0.717, 1.165) is 21.9 Å². The Morgan fingerprint density at radius 1 is 0.964 bits per heavy atom. The molecule has 0 saturated heterocycles. The summed E-state index contributed by atoms with van der Waals surface area (Å²) < 4.78 is 17.0. The van der Waals surface area contributed by atoms with Crippen molar-refractivity contribution in [1.82, 2.24) is 4.98 Å². The average Bonchev–Trinajstić information content (AvgIpc) is 2.72. The predicted octanol–water partition coefficient (Wildman–Crippen LogP) is 5.05. The number of methoxy groups -OCH3 is 1. The Hall–Kier alpha value is -3.34. The first-order valence-corrected chi connectivity index (χ1v) is 9.17. The molecular weight excluding hydrogens is 354 g/mol. The number of hydrogen-bond donors (Lipinski definition) is 0. The van der Waals surface area contributed by atoms with Gasteiger partial charge in [0, 0.05) is 29.2 Å². The zero-order valence-corrected chi connectivity index (χ0v) is 16.1. The van der Waals surface area contributed by atoms with E-state index in [-0.39, 0.29) is 5.63 Å². The van der Waals surface area contributed by atoms with E-state index in [2.05, 4.69) is 18.8 Å². The minimum Gasteiger partial charge on any atom is -0.493 e. The molecule has 2 aromatic carbocycles. The van der Waals surface area contributed by atoms with Gasteiger partial charge >= 0.3 is 5.63 Å². The Labute approximate surface area is 162 Å². The number of ether oxygens (including phenoxy) is 2. The third kappa shape index (κ3) is 3.31. The van der Waals surface area contributed by atoms with Crippen molar-refractivity contribution in [2.45, 2.75) is 26.4 Å². The molecule has 28 heavy (non-hydrogen) atoms. The highest BCUT2D eigenvalue weighted by atomic mass is 16.5. The summed E-state index contributed by atoms with van der Waals surface area (Å²) >= 11 is 0. The fraction of sp³-hybridized carbons (Fsp3) is 0.217. The average molecular weight is 375 g/mol. The molecule has 0 saturated carbocycles. The molecule has 0 unspecified atom stereocenters. The molecule has 0 fully saturated rings. The van der Waals surface area contributed by atoms with Gasteiger partial charge in [0.1, 0.15) is 12.2 Å². The first-order valence-electron chi connectivity index (χ1n) is 9.17. The summed E-state index contributed by atoms with van der Waals surface area (Å²) in [4.78, 5) is 16.6. The van der Waals surface area contributed by atoms with Gasteiger partial charge in [-0.2, -0.15) is 0 Å². The van der Waals surface area contributed by atoms with Crippen molar-refractivity contribution < 1.29 is 13.9 Å². The maximum Gasteiger partial charge on any atom is 0.344 e. The summed E-state index contributed by atoms with van der Waals surface area (Å²) in [5.41, 5.74) is 2.21. The van der Waals surface area contributed by atoms with Crippen LogP contribution in [0.1, 0.15) is 30.9 Å². The quantitative estimate of drug-likeness (QED) is 0.361. The van der Waals surface area contributed by atoms with Gasteiger partial charge in [-0.15, -0.1) is 0 Å². The van der Waals surface area contributed by atoms with Crippen LogP contribution in [-0.4, -0.2) is 12.1 Å². The lowest BCUT2D eigenvalue weighted by Crippen LogP contribution is -2.03. The second-order valence-corrected chi connectivity index (χ2v) is 6.99. The van der Waals surface area contributed by atoms with Gasteiger partial charge in [0.2, 0.25) is 0 Å². The van der Waals surface area contributed by atoms with Gasteiger partial charge in [-0.05, 0) is 41.3 Å². The lowest BCUT2D eigenvalue weighted by atomic mass is 9.98. The molecule has 2 heterocycles. The predicted molar refractivity (Wildman–Crippen MR) is 109 cm³/mol. The van der Waals surface area contributed by atoms with Gasteiger partial charge < -0.3 is 13.9 Å². The van der Waals surface area contributed by atoms with Crippen LogP contribution in [0.25, 0.3) is 21.7 Å². The second kappa shape index (κ2) is 7.35. The van der Waals surface area contributed by atoms with Crippen LogP contribution in [0.4, 0.5) is 0 Å². The van der Waals surface area contributed by atoms with Crippen LogP contribution in [0, 0.1) is 0 Å². The molecule has 0 spiro atoms. The topological polar surface area (TPSA) is 61.6 Å². The summed E-state index contributed by atoms with van der Waals surface area (Å²) in [6.45, 7) is 4.55. The molecule has 0 aliphatic heterocycles. The molecule has 5 nitrogen and oxygen atoms in total. The van der Waals surface area contributed by atoms with Crippen molar-refractivity contribution in [3.8, 4) is 11.5 Å². The van der Waals surface area contributed by atoms with Gasteiger partial charge in [-0.25, -0.2) is 4.79 Å². The lowest BCUT2D eigenvalue weighted by molar-refractivity contribution is 0.284. The number of benzene rings is 2. The summed E-state index contributed by atoms with van der Waals surface area (Å²) in [6, 6.07) is 13.3. The minimum atomic E-state index is -0.352. The number of fused-ring (bicyclic) bond motifs is 3. The lowest BCUT2D eigenvalue weighted by Gasteiger charge is -2.13. The molecule has 5 heteroatoms. The van der Waals surface area contributed by atoms with Crippen LogP contribution < -0.4 is 15.1 Å². The van der Waals surface area contributed by atoms with Crippen molar-refractivity contribution in [1.29, 1.82) is 0 Å². The first kappa shape index (κ1) is 18.0. The van der Waals surface area contributed by atoms with Crippen LogP contribution in [0.5, 0.6) is 11.5 Å². The molecule has 142 valence electrons. The normalized spacial score (nSPS) is 11.3. The molecule has 0 bridgehead atoms. The van der Waals surface area contributed by atoms with E-state index in [1.807, 2.05) is 36.4 Å². The summed E-state index contributed by atoms with van der Waals surface area (Å²) in [7, 11) is 1.60. The maximum absolute atomic E-state index is 12.6. The molecule has 4 aromatic rings. The molecule has 0 aliphatic rings. The Morgan fingerprint density at radius 3 is 2.46 bits per heavy atom. The van der Waals surface area contributed by atoms with Crippen molar-refractivity contribution >= 4 is 21.7 Å². The zero-order valence-electron chi connectivity index (χ0n) is 16.1. The van der Waals surface area contributed by atoms with Crippen LogP contribution in [0.3, 0.4) is 0 Å². The van der Waals surface area contributed by atoms with Gasteiger partial charge in [-0.3, -0.25) is 4.98 Å². The SMILES string of the molecule is COc1cc2c(cc1OCc1ccncc1)oc(=O)c1cc(C(C)C)ccc12. The van der Waals surface area contributed by atoms with Crippen molar-refractivity contribution in [2.75, 3.05) is 7.11 Å². The van der Waals surface area contributed by atoms with Gasteiger partial charge in [-0.1, -0.05) is 26.0 Å². The fourth-order valence-corrected chi connectivity index (χ4v) is 3.23. The second-order valence-electron chi connectivity index (χ2n) is 6.99. The van der Waals surface area contributed by atoms with E-state index in [0.29, 0.717) is 35.0 Å². The van der Waals surface area contributed by atoms with Crippen LogP contribution in [-0.2, 0) is 6.61 Å². The minimum absolute atomic E-state index is 0.331. The van der Waals surface area contributed by atoms with Crippen LogP contribution >= 0.6 is 0 Å². The van der Waals surface area contributed by atoms with Gasteiger partial charge in [0.15, 0.2) is 11.5 Å². The highest BCUT2D eigenvalue weighted by Gasteiger charge is 2.14. The number of aromatic nitrogens is 1. The highest BCUT2D eigenvalue weighted by molar-refractivity contribution is 6.05. The zero-order chi connectivity index (χ0) is 19.7. The van der Waals surface area contributed by atoms with Gasteiger partial charge in [0.05, 0.1) is 12.5 Å². The molecule has 2 aromatic heterocycles. The summed E-state index contributed by atoms with van der Waals surface area (Å²) in [6.07, 6.45) is 3.43. The molecule has 4 rings (SSSR count). The summed E-state index contributed by atoms with van der Waals surface area (Å²) in [5.74, 6) is 1.44. The Morgan fingerprint density at radius 2 is 1.75 bits per heavy atom. The molecule has 0 atom stereocenters. The third-order valence-corrected chi connectivity index (χ3v) is 4.83. The van der Waals surface area contributed by atoms with Crippen molar-refractivity contribution in [3.05, 3.63) is 76.4 Å². The summed E-state index contributed by atoms with van der Waals surface area (Å²) in [5, 5.41) is 2.24. The van der Waals surface area contributed by atoms with Gasteiger partial charge in [0.25, 0.3) is 0 Å².